The van der Waals surface area contributed by atoms with Crippen LogP contribution in [-0.4, -0.2) is 11.1 Å². The zero-order valence-corrected chi connectivity index (χ0v) is 15.4. The van der Waals surface area contributed by atoms with Gasteiger partial charge in [-0.2, -0.15) is 0 Å². The van der Waals surface area contributed by atoms with Gasteiger partial charge in [0.15, 0.2) is 0 Å². The van der Waals surface area contributed by atoms with E-state index in [0.29, 0.717) is 6.42 Å². The number of rotatable bonds is 15. The third kappa shape index (κ3) is 23.1. The van der Waals surface area contributed by atoms with Crippen LogP contribution in [0, 0.1) is 46.9 Å². The first-order valence-electron chi connectivity index (χ1n) is 8.64. The number of carboxylic acid groups (broad SMARTS) is 1. The largest absolute Gasteiger partial charge is 0.481 e. The molecule has 0 aromatic rings. The van der Waals surface area contributed by atoms with Gasteiger partial charge in [0.2, 0.25) is 0 Å². The summed E-state index contributed by atoms with van der Waals surface area (Å²) in [5.74, 6) is -0.664. The molecule has 0 aliphatic rings. The molecule has 1 N–H and O–H groups in total. The number of hydrogen-bond acceptors (Lipinski definition) is 1. The van der Waals surface area contributed by atoms with Crippen LogP contribution in [0.2, 0.25) is 0 Å². The van der Waals surface area contributed by atoms with Crippen molar-refractivity contribution in [1.29, 1.82) is 0 Å². The number of allylic oxidation sites excluding steroid dienone is 2. The normalized spacial score (nSPS) is 10.7. The smallest absolute Gasteiger partial charge is 0.303 e. The fraction of sp³-hybridized carbons (Fsp3) is 0.833. The Hall–Kier alpha value is 0.729. The molecule has 3 heteroatoms. The van der Waals surface area contributed by atoms with Crippen molar-refractivity contribution < 1.29 is 56.8 Å². The minimum Gasteiger partial charge on any atom is -0.481 e. The van der Waals surface area contributed by atoms with Crippen LogP contribution in [0.25, 0.3) is 0 Å². The Morgan fingerprint density at radius 3 is 1.67 bits per heavy atom. The van der Waals surface area contributed by atoms with Crippen LogP contribution in [0.1, 0.15) is 96.8 Å². The molecular formula is C18H34O2Yb. The molecule has 0 rings (SSSR count). The monoisotopic (exact) mass is 456 g/mol. The van der Waals surface area contributed by atoms with E-state index in [1.54, 1.807) is 0 Å². The quantitative estimate of drug-likeness (QED) is 0.239. The Labute approximate surface area is 170 Å². The Morgan fingerprint density at radius 1 is 0.762 bits per heavy atom. The second-order valence-corrected chi connectivity index (χ2v) is 5.73. The molecule has 0 atom stereocenters. The molecule has 0 fully saturated rings. The maximum absolute atomic E-state index is 10.3. The second kappa shape index (κ2) is 20.7. The van der Waals surface area contributed by atoms with Crippen LogP contribution in [0.3, 0.4) is 0 Å². The average Bonchev–Trinajstić information content (AvgIpc) is 2.43. The molecule has 0 aliphatic heterocycles. The Kier molecular flexibility index (Phi) is 23.7. The van der Waals surface area contributed by atoms with Crippen molar-refractivity contribution in [3.8, 4) is 0 Å². The molecule has 2 nitrogen and oxygen atoms in total. The van der Waals surface area contributed by atoms with E-state index in [9.17, 15) is 4.79 Å². The number of aliphatic carboxylic acids is 1. The molecule has 0 bridgehead atoms. The molecule has 0 spiro atoms. The molecule has 0 saturated heterocycles. The van der Waals surface area contributed by atoms with E-state index in [0.717, 1.165) is 12.8 Å². The molecule has 0 aromatic heterocycles. The standard InChI is InChI=1S/C18H34O2.Yb/c1-2-3-4-5-6-7-8-9-10-11-12-13-14-15-16-17-18(19)20;/h9-10H,2-8,11-17H2,1H3,(H,19,20);. The van der Waals surface area contributed by atoms with E-state index in [1.807, 2.05) is 0 Å². The number of unbranched alkanes of at least 4 members (excludes halogenated alkanes) is 11. The first-order chi connectivity index (χ1) is 9.77. The minimum absolute atomic E-state index is 0. The van der Waals surface area contributed by atoms with Crippen LogP contribution in [0.5, 0.6) is 0 Å². The Balaban J connectivity index is 0. The topological polar surface area (TPSA) is 37.3 Å². The van der Waals surface area contributed by atoms with E-state index in [4.69, 9.17) is 5.11 Å². The van der Waals surface area contributed by atoms with Crippen molar-refractivity contribution >= 4 is 5.97 Å². The minimum atomic E-state index is -0.664. The van der Waals surface area contributed by atoms with E-state index >= 15 is 0 Å². The first kappa shape index (κ1) is 24.0. The van der Waals surface area contributed by atoms with Gasteiger partial charge >= 0.3 is 5.97 Å². The Bertz CT molecular complexity index is 239. The van der Waals surface area contributed by atoms with Gasteiger partial charge in [-0.25, -0.2) is 0 Å². The zero-order chi connectivity index (χ0) is 14.9. The van der Waals surface area contributed by atoms with Gasteiger partial charge in [0.05, 0.1) is 0 Å². The predicted molar refractivity (Wildman–Crippen MR) is 87.1 cm³/mol. The fourth-order valence-electron chi connectivity index (χ4n) is 2.35. The summed E-state index contributed by atoms with van der Waals surface area (Å²) in [5, 5.41) is 8.51. The molecule has 21 heavy (non-hydrogen) atoms. The number of hydrogen-bond donors (Lipinski definition) is 1. The van der Waals surface area contributed by atoms with Gasteiger partial charge in [-0.3, -0.25) is 4.79 Å². The molecule has 0 saturated carbocycles. The molecule has 0 amide bonds. The third-order valence-corrected chi connectivity index (χ3v) is 3.65. The van der Waals surface area contributed by atoms with Gasteiger partial charge < -0.3 is 5.11 Å². The van der Waals surface area contributed by atoms with Crippen LogP contribution in [-0.2, 0) is 4.79 Å². The first-order valence-corrected chi connectivity index (χ1v) is 8.64. The van der Waals surface area contributed by atoms with Crippen molar-refractivity contribution in [3.63, 3.8) is 0 Å². The van der Waals surface area contributed by atoms with Gasteiger partial charge in [-0.05, 0) is 32.1 Å². The predicted octanol–water partition coefficient (Wildman–Crippen LogP) is 6.11. The van der Waals surface area contributed by atoms with E-state index in [2.05, 4.69) is 19.1 Å². The van der Waals surface area contributed by atoms with E-state index < -0.39 is 5.97 Å². The second-order valence-electron chi connectivity index (χ2n) is 5.73. The van der Waals surface area contributed by atoms with Crippen molar-refractivity contribution in [1.82, 2.24) is 0 Å². The maximum Gasteiger partial charge on any atom is 0.303 e. The molecule has 0 unspecified atom stereocenters. The van der Waals surface area contributed by atoms with Crippen molar-refractivity contribution in [3.05, 3.63) is 12.2 Å². The zero-order valence-electron chi connectivity index (χ0n) is 13.7. The summed E-state index contributed by atoms with van der Waals surface area (Å²) in [6.07, 6.45) is 21.2. The van der Waals surface area contributed by atoms with Gasteiger partial charge in [0.25, 0.3) is 0 Å². The van der Waals surface area contributed by atoms with Crippen LogP contribution < -0.4 is 0 Å². The fourth-order valence-corrected chi connectivity index (χ4v) is 2.35. The van der Waals surface area contributed by atoms with E-state index in [-0.39, 0.29) is 46.9 Å². The summed E-state index contributed by atoms with van der Waals surface area (Å²) in [5.41, 5.74) is 0. The van der Waals surface area contributed by atoms with Gasteiger partial charge in [0.1, 0.15) is 0 Å². The van der Waals surface area contributed by atoms with Crippen molar-refractivity contribution in [2.24, 2.45) is 0 Å². The van der Waals surface area contributed by atoms with Crippen molar-refractivity contribution in [2.45, 2.75) is 96.8 Å². The number of carboxylic acids is 1. The summed E-state index contributed by atoms with van der Waals surface area (Å²) in [4.78, 5) is 10.3. The third-order valence-electron chi connectivity index (χ3n) is 3.65. The molecule has 0 radical (unpaired) electrons. The van der Waals surface area contributed by atoms with Gasteiger partial charge in [0, 0.05) is 53.3 Å². The van der Waals surface area contributed by atoms with Crippen LogP contribution >= 0.6 is 0 Å². The maximum atomic E-state index is 10.3. The van der Waals surface area contributed by atoms with Crippen LogP contribution in [0.4, 0.5) is 0 Å². The average molecular weight is 456 g/mol. The summed E-state index contributed by atoms with van der Waals surface area (Å²) >= 11 is 0. The summed E-state index contributed by atoms with van der Waals surface area (Å²) < 4.78 is 0. The molecule has 132 valence electrons. The van der Waals surface area contributed by atoms with Gasteiger partial charge in [-0.15, -0.1) is 0 Å². The summed E-state index contributed by atoms with van der Waals surface area (Å²) in [6.45, 7) is 2.26. The molecule has 0 heterocycles. The van der Waals surface area contributed by atoms with Crippen molar-refractivity contribution in [2.75, 3.05) is 0 Å². The van der Waals surface area contributed by atoms with E-state index in [1.165, 1.54) is 70.6 Å². The molecule has 0 aromatic carbocycles. The Morgan fingerprint density at radius 2 is 1.19 bits per heavy atom. The summed E-state index contributed by atoms with van der Waals surface area (Å²) in [7, 11) is 0. The molecule has 0 aliphatic carbocycles. The SMILES string of the molecule is CCCCCCCCC=CCCCCCCCC(=O)O.[Yb]. The number of carbonyl (C=O) groups is 1. The van der Waals surface area contributed by atoms with Crippen LogP contribution in [0.15, 0.2) is 12.2 Å². The van der Waals surface area contributed by atoms with Gasteiger partial charge in [-0.1, -0.05) is 70.4 Å². The summed E-state index contributed by atoms with van der Waals surface area (Å²) in [6, 6.07) is 0. The molecular weight excluding hydrogens is 421 g/mol.